The maximum Gasteiger partial charge on any atom is 0.320 e. The number of amides is 3. The Bertz CT molecular complexity index is 1620. The fourth-order valence-corrected chi connectivity index (χ4v) is 5.76. The number of carbonyl (C=O) groups is 2. The number of likely N-dealkylation sites (tertiary alicyclic amines) is 1. The van der Waals surface area contributed by atoms with Crippen LogP contribution >= 0.6 is 0 Å². The van der Waals surface area contributed by atoms with E-state index < -0.39 is 29.6 Å². The van der Waals surface area contributed by atoms with Crippen LogP contribution in [0.1, 0.15) is 29.9 Å². The van der Waals surface area contributed by atoms with E-state index in [4.69, 9.17) is 15.6 Å². The van der Waals surface area contributed by atoms with Crippen LogP contribution < -0.4 is 16.4 Å². The average molecular weight is 607 g/mol. The summed E-state index contributed by atoms with van der Waals surface area (Å²) < 4.78 is 36.9. The molecule has 3 heterocycles. The summed E-state index contributed by atoms with van der Waals surface area (Å²) in [5.74, 6) is -2.22. The summed E-state index contributed by atoms with van der Waals surface area (Å²) in [7, 11) is 3.39. The molecule has 0 aliphatic carbocycles. The maximum absolute atomic E-state index is 14.3. The number of nitrogens with two attached hydrogens (primary N) is 1. The summed E-state index contributed by atoms with van der Waals surface area (Å²) in [6.07, 6.45) is 4.19. The van der Waals surface area contributed by atoms with Crippen LogP contribution in [0, 0.1) is 18.6 Å². The summed E-state index contributed by atoms with van der Waals surface area (Å²) in [5.41, 5.74) is 8.92. The quantitative estimate of drug-likeness (QED) is 0.238. The lowest BCUT2D eigenvalue weighted by Gasteiger charge is -2.27. The van der Waals surface area contributed by atoms with E-state index in [1.54, 1.807) is 22.7 Å². The highest BCUT2D eigenvalue weighted by atomic mass is 19.2. The third kappa shape index (κ3) is 6.79. The Balaban J connectivity index is 1.43. The maximum atomic E-state index is 14.3. The van der Waals surface area contributed by atoms with Gasteiger partial charge in [0.05, 0.1) is 24.5 Å². The minimum absolute atomic E-state index is 0.168. The topological polar surface area (TPSA) is 132 Å². The van der Waals surface area contributed by atoms with Gasteiger partial charge in [-0.25, -0.2) is 18.3 Å². The van der Waals surface area contributed by atoms with Gasteiger partial charge in [0.15, 0.2) is 11.6 Å². The standard InChI is InChI=1S/C31H36F2N8O3/c1-19-29(21-14-35-39(2)15-21)38-41(22-7-5-4-6-8-22)30(19)37-31(43)36-27-17-40(23(18-44-3)10-12-28(34)42)16-24(27)20-9-11-25(32)26(33)13-20/h4-9,11,13-15,23-24,27H,10,12,16-18H2,1-3H3,(H2,34,42)(H2,36,37,43)/t23?,24-,27+/m0/s1. The molecule has 0 spiro atoms. The summed E-state index contributed by atoms with van der Waals surface area (Å²) in [6.45, 7) is 3.03. The molecule has 1 aliphatic rings. The highest BCUT2D eigenvalue weighted by molar-refractivity contribution is 5.91. The Hall–Kier alpha value is -4.62. The van der Waals surface area contributed by atoms with Crippen LogP contribution in [0.4, 0.5) is 19.4 Å². The molecule has 5 rings (SSSR count). The highest BCUT2D eigenvalue weighted by Gasteiger charge is 2.38. The molecule has 2 aromatic carbocycles. The molecular weight excluding hydrogens is 570 g/mol. The van der Waals surface area contributed by atoms with Crippen molar-refractivity contribution in [2.45, 2.75) is 37.8 Å². The molecule has 3 amide bonds. The number of primary amides is 1. The number of halogens is 2. The van der Waals surface area contributed by atoms with Gasteiger partial charge in [0.25, 0.3) is 0 Å². The van der Waals surface area contributed by atoms with Gasteiger partial charge < -0.3 is 15.8 Å². The molecule has 1 saturated heterocycles. The molecule has 4 N–H and O–H groups in total. The van der Waals surface area contributed by atoms with E-state index in [0.29, 0.717) is 43.2 Å². The van der Waals surface area contributed by atoms with Gasteiger partial charge >= 0.3 is 6.03 Å². The van der Waals surface area contributed by atoms with Crippen molar-refractivity contribution in [2.75, 3.05) is 32.1 Å². The van der Waals surface area contributed by atoms with E-state index in [-0.39, 0.29) is 18.4 Å². The van der Waals surface area contributed by atoms with Crippen LogP contribution in [-0.2, 0) is 16.6 Å². The summed E-state index contributed by atoms with van der Waals surface area (Å²) in [6, 6.07) is 12.1. The van der Waals surface area contributed by atoms with Crippen molar-refractivity contribution >= 4 is 17.8 Å². The second kappa shape index (κ2) is 13.3. The van der Waals surface area contributed by atoms with E-state index in [9.17, 15) is 18.4 Å². The number of anilines is 1. The van der Waals surface area contributed by atoms with Crippen molar-refractivity contribution < 1.29 is 23.1 Å². The third-order valence-corrected chi connectivity index (χ3v) is 7.97. The molecule has 1 unspecified atom stereocenters. The smallest absolute Gasteiger partial charge is 0.320 e. The average Bonchev–Trinajstić information content (AvgIpc) is 3.70. The number of nitrogens with one attached hydrogen (secondary N) is 2. The molecule has 0 radical (unpaired) electrons. The van der Waals surface area contributed by atoms with Gasteiger partial charge in [0, 0.05) is 63.0 Å². The first-order chi connectivity index (χ1) is 21.1. The fraction of sp³-hybridized carbons (Fsp3) is 0.355. The number of nitrogens with zero attached hydrogens (tertiary/aromatic N) is 5. The van der Waals surface area contributed by atoms with Crippen LogP contribution in [-0.4, -0.2) is 75.3 Å². The first-order valence-corrected chi connectivity index (χ1v) is 14.3. The van der Waals surface area contributed by atoms with Crippen molar-refractivity contribution in [3.63, 3.8) is 0 Å². The fourth-order valence-electron chi connectivity index (χ4n) is 5.76. The molecule has 3 atom stereocenters. The number of carbonyl (C=O) groups excluding carboxylic acids is 2. The van der Waals surface area contributed by atoms with Crippen molar-refractivity contribution in [1.29, 1.82) is 0 Å². The number of hydrogen-bond acceptors (Lipinski definition) is 6. The van der Waals surface area contributed by atoms with Crippen LogP contribution in [0.3, 0.4) is 0 Å². The van der Waals surface area contributed by atoms with Crippen molar-refractivity contribution in [1.82, 2.24) is 29.8 Å². The van der Waals surface area contributed by atoms with Crippen molar-refractivity contribution in [2.24, 2.45) is 12.8 Å². The molecule has 0 bridgehead atoms. The third-order valence-electron chi connectivity index (χ3n) is 7.97. The predicted molar refractivity (Wildman–Crippen MR) is 161 cm³/mol. The van der Waals surface area contributed by atoms with Crippen molar-refractivity contribution in [3.8, 4) is 16.9 Å². The number of urea groups is 1. The lowest BCUT2D eigenvalue weighted by molar-refractivity contribution is -0.118. The Morgan fingerprint density at radius 2 is 1.91 bits per heavy atom. The SMILES string of the molecule is COCC(CCC(N)=O)N1C[C@@H](NC(=O)Nc2c(C)c(-c3cnn(C)c3)nn2-c2ccccc2)[C@H](c2ccc(F)c(F)c2)C1. The summed E-state index contributed by atoms with van der Waals surface area (Å²) in [4.78, 5) is 27.3. The van der Waals surface area contributed by atoms with Gasteiger partial charge in [-0.2, -0.15) is 10.2 Å². The Morgan fingerprint density at radius 1 is 1.14 bits per heavy atom. The molecule has 13 heteroatoms. The molecule has 2 aromatic heterocycles. The predicted octanol–water partition coefficient (Wildman–Crippen LogP) is 3.73. The minimum atomic E-state index is -0.961. The van der Waals surface area contributed by atoms with E-state index in [0.717, 1.165) is 22.9 Å². The number of ether oxygens (including phenoxy) is 1. The van der Waals surface area contributed by atoms with Gasteiger partial charge in [0.2, 0.25) is 5.91 Å². The summed E-state index contributed by atoms with van der Waals surface area (Å²) in [5, 5.41) is 15.1. The summed E-state index contributed by atoms with van der Waals surface area (Å²) >= 11 is 0. The van der Waals surface area contributed by atoms with Gasteiger partial charge in [-0.3, -0.25) is 19.7 Å². The lowest BCUT2D eigenvalue weighted by atomic mass is 9.94. The largest absolute Gasteiger partial charge is 0.383 e. The molecule has 1 fully saturated rings. The Labute approximate surface area is 254 Å². The number of methoxy groups -OCH3 is 1. The van der Waals surface area contributed by atoms with Crippen LogP contribution in [0.15, 0.2) is 60.9 Å². The zero-order chi connectivity index (χ0) is 31.4. The molecule has 4 aromatic rings. The Kier molecular flexibility index (Phi) is 9.35. The molecular formula is C31H36F2N8O3. The van der Waals surface area contributed by atoms with E-state index in [2.05, 4.69) is 20.6 Å². The number of para-hydroxylation sites is 1. The Morgan fingerprint density at radius 3 is 2.57 bits per heavy atom. The normalized spacial score (nSPS) is 17.5. The molecule has 1 aliphatic heterocycles. The van der Waals surface area contributed by atoms with Gasteiger partial charge in [-0.05, 0) is 43.2 Å². The van der Waals surface area contributed by atoms with Crippen LogP contribution in [0.2, 0.25) is 0 Å². The molecule has 44 heavy (non-hydrogen) atoms. The van der Waals surface area contributed by atoms with E-state index >= 15 is 0 Å². The van der Waals surface area contributed by atoms with E-state index in [1.165, 1.54) is 12.1 Å². The first kappa shape index (κ1) is 30.8. The minimum Gasteiger partial charge on any atom is -0.383 e. The molecule has 0 saturated carbocycles. The second-order valence-corrected chi connectivity index (χ2v) is 11.0. The number of hydrogen-bond donors (Lipinski definition) is 3. The zero-order valence-electron chi connectivity index (χ0n) is 24.8. The number of aromatic nitrogens is 4. The highest BCUT2D eigenvalue weighted by Crippen LogP contribution is 2.33. The number of rotatable bonds is 11. The van der Waals surface area contributed by atoms with Crippen LogP contribution in [0.5, 0.6) is 0 Å². The van der Waals surface area contributed by atoms with Gasteiger partial charge in [0.1, 0.15) is 11.5 Å². The van der Waals surface area contributed by atoms with E-state index in [1.807, 2.05) is 50.5 Å². The van der Waals surface area contributed by atoms with Crippen molar-refractivity contribution in [3.05, 3.63) is 83.7 Å². The number of aryl methyl sites for hydroxylation is 1. The molecule has 232 valence electrons. The van der Waals surface area contributed by atoms with Gasteiger partial charge in [-0.1, -0.05) is 24.3 Å². The van der Waals surface area contributed by atoms with Crippen LogP contribution in [0.25, 0.3) is 16.9 Å². The second-order valence-electron chi connectivity index (χ2n) is 11.0. The lowest BCUT2D eigenvalue weighted by Crippen LogP contribution is -2.44. The zero-order valence-corrected chi connectivity index (χ0v) is 24.8. The number of benzene rings is 2. The first-order valence-electron chi connectivity index (χ1n) is 14.3. The van der Waals surface area contributed by atoms with Gasteiger partial charge in [-0.15, -0.1) is 0 Å². The molecule has 11 nitrogen and oxygen atoms in total. The monoisotopic (exact) mass is 606 g/mol.